The standard InChI is InChI=1S/C7H9NO4/c1-5(9)2-8-6(10)3-12-4-7(8)11/h2-4H2,1H3. The Balaban J connectivity index is 2.63. The Bertz CT molecular complexity index is 220. The number of carbonyl (C=O) groups is 3. The number of Topliss-reactive ketones (excluding diaryl/α,β-unsaturated/α-hetero) is 1. The molecule has 12 heavy (non-hydrogen) atoms. The summed E-state index contributed by atoms with van der Waals surface area (Å²) in [7, 11) is 0. The highest BCUT2D eigenvalue weighted by atomic mass is 16.5. The van der Waals surface area contributed by atoms with Crippen molar-refractivity contribution in [1.82, 2.24) is 4.90 Å². The van der Waals surface area contributed by atoms with Crippen molar-refractivity contribution in [2.45, 2.75) is 6.92 Å². The lowest BCUT2D eigenvalue weighted by molar-refractivity contribution is -0.159. The minimum atomic E-state index is -0.443. The van der Waals surface area contributed by atoms with Gasteiger partial charge in [0.1, 0.15) is 19.0 Å². The summed E-state index contributed by atoms with van der Waals surface area (Å²) in [5, 5.41) is 0. The lowest BCUT2D eigenvalue weighted by Gasteiger charge is -2.23. The summed E-state index contributed by atoms with van der Waals surface area (Å²) >= 11 is 0. The number of ketones is 1. The maximum atomic E-state index is 11.0. The molecule has 0 bridgehead atoms. The minimum Gasteiger partial charge on any atom is -0.362 e. The second-order valence-electron chi connectivity index (χ2n) is 2.57. The highest BCUT2D eigenvalue weighted by molar-refractivity contribution is 6.01. The van der Waals surface area contributed by atoms with Gasteiger partial charge in [0.2, 0.25) is 0 Å². The highest BCUT2D eigenvalue weighted by Crippen LogP contribution is 1.99. The maximum Gasteiger partial charge on any atom is 0.255 e. The van der Waals surface area contributed by atoms with E-state index in [1.165, 1.54) is 6.92 Å². The predicted octanol–water partition coefficient (Wildman–Crippen LogP) is -1.04. The second kappa shape index (κ2) is 3.44. The van der Waals surface area contributed by atoms with Gasteiger partial charge in [0.05, 0.1) is 6.54 Å². The third kappa shape index (κ3) is 1.88. The zero-order valence-corrected chi connectivity index (χ0v) is 6.70. The van der Waals surface area contributed by atoms with Gasteiger partial charge >= 0.3 is 0 Å². The van der Waals surface area contributed by atoms with E-state index in [0.717, 1.165) is 4.90 Å². The first-order valence-corrected chi connectivity index (χ1v) is 3.51. The summed E-state index contributed by atoms with van der Waals surface area (Å²) in [5.74, 6) is -1.10. The van der Waals surface area contributed by atoms with Crippen LogP contribution in [0.3, 0.4) is 0 Å². The van der Waals surface area contributed by atoms with Gasteiger partial charge in [-0.3, -0.25) is 19.3 Å². The van der Waals surface area contributed by atoms with E-state index in [-0.39, 0.29) is 25.5 Å². The first-order valence-electron chi connectivity index (χ1n) is 3.51. The normalized spacial score (nSPS) is 18.2. The van der Waals surface area contributed by atoms with E-state index in [1.807, 2.05) is 0 Å². The Morgan fingerprint density at radius 1 is 1.42 bits per heavy atom. The third-order valence-electron chi connectivity index (χ3n) is 1.43. The van der Waals surface area contributed by atoms with Crippen molar-refractivity contribution in [2.75, 3.05) is 19.8 Å². The number of imide groups is 1. The molecular formula is C7H9NO4. The summed E-state index contributed by atoms with van der Waals surface area (Å²) in [4.78, 5) is 33.5. The molecule has 0 spiro atoms. The first kappa shape index (κ1) is 8.86. The largest absolute Gasteiger partial charge is 0.362 e. The van der Waals surface area contributed by atoms with E-state index in [1.54, 1.807) is 0 Å². The molecule has 0 aromatic heterocycles. The summed E-state index contributed by atoms with van der Waals surface area (Å²) in [6, 6.07) is 0. The summed E-state index contributed by atoms with van der Waals surface area (Å²) < 4.78 is 4.65. The van der Waals surface area contributed by atoms with Gasteiger partial charge in [-0.1, -0.05) is 0 Å². The fourth-order valence-electron chi connectivity index (χ4n) is 0.920. The zero-order valence-electron chi connectivity index (χ0n) is 6.70. The van der Waals surface area contributed by atoms with Crippen molar-refractivity contribution in [3.05, 3.63) is 0 Å². The van der Waals surface area contributed by atoms with Gasteiger partial charge in [-0.2, -0.15) is 0 Å². The fourth-order valence-corrected chi connectivity index (χ4v) is 0.920. The molecular weight excluding hydrogens is 162 g/mol. The molecule has 0 aliphatic carbocycles. The molecule has 1 rings (SSSR count). The number of nitrogens with zero attached hydrogens (tertiary/aromatic N) is 1. The van der Waals surface area contributed by atoms with Crippen LogP contribution in [0.15, 0.2) is 0 Å². The van der Waals surface area contributed by atoms with Crippen LogP contribution in [0.25, 0.3) is 0 Å². The zero-order chi connectivity index (χ0) is 9.14. The van der Waals surface area contributed by atoms with Crippen molar-refractivity contribution in [3.8, 4) is 0 Å². The highest BCUT2D eigenvalue weighted by Gasteiger charge is 2.26. The number of rotatable bonds is 2. The monoisotopic (exact) mass is 171 g/mol. The van der Waals surface area contributed by atoms with Gasteiger partial charge < -0.3 is 4.74 Å². The number of hydrogen-bond donors (Lipinski definition) is 0. The van der Waals surface area contributed by atoms with Crippen molar-refractivity contribution in [1.29, 1.82) is 0 Å². The van der Waals surface area contributed by atoms with E-state index in [9.17, 15) is 14.4 Å². The number of hydrogen-bond acceptors (Lipinski definition) is 4. The Morgan fingerprint density at radius 3 is 2.33 bits per heavy atom. The molecule has 1 aliphatic rings. The molecule has 66 valence electrons. The van der Waals surface area contributed by atoms with Crippen LogP contribution in [0.5, 0.6) is 0 Å². The van der Waals surface area contributed by atoms with Crippen LogP contribution < -0.4 is 0 Å². The number of morpholine rings is 1. The third-order valence-corrected chi connectivity index (χ3v) is 1.43. The van der Waals surface area contributed by atoms with Crippen molar-refractivity contribution < 1.29 is 19.1 Å². The molecule has 1 saturated heterocycles. The van der Waals surface area contributed by atoms with Crippen LogP contribution in [-0.4, -0.2) is 42.3 Å². The molecule has 0 saturated carbocycles. The number of ether oxygens (including phenoxy) is 1. The maximum absolute atomic E-state index is 11.0. The van der Waals surface area contributed by atoms with Crippen molar-refractivity contribution in [2.24, 2.45) is 0 Å². The Kier molecular flexibility index (Phi) is 2.54. The molecule has 1 heterocycles. The van der Waals surface area contributed by atoms with Gasteiger partial charge in [-0.25, -0.2) is 0 Å². The van der Waals surface area contributed by atoms with E-state index in [4.69, 9.17) is 0 Å². The summed E-state index contributed by atoms with van der Waals surface area (Å²) in [6.07, 6.45) is 0. The topological polar surface area (TPSA) is 63.7 Å². The van der Waals surface area contributed by atoms with Crippen molar-refractivity contribution >= 4 is 17.6 Å². The van der Waals surface area contributed by atoms with E-state index in [0.29, 0.717) is 0 Å². The molecule has 1 fully saturated rings. The molecule has 2 amide bonds. The Hall–Kier alpha value is -1.23. The van der Waals surface area contributed by atoms with Gasteiger partial charge in [-0.05, 0) is 6.92 Å². The molecule has 0 radical (unpaired) electrons. The SMILES string of the molecule is CC(=O)CN1C(=O)COCC1=O. The number of carbonyl (C=O) groups excluding carboxylic acids is 3. The summed E-state index contributed by atoms with van der Waals surface area (Å²) in [5.41, 5.74) is 0. The molecule has 1 aliphatic heterocycles. The average molecular weight is 171 g/mol. The van der Waals surface area contributed by atoms with Gasteiger partial charge in [0, 0.05) is 0 Å². The molecule has 5 nitrogen and oxygen atoms in total. The Labute approximate surface area is 69.3 Å². The van der Waals surface area contributed by atoms with Gasteiger partial charge in [-0.15, -0.1) is 0 Å². The van der Waals surface area contributed by atoms with Gasteiger partial charge in [0.15, 0.2) is 0 Å². The van der Waals surface area contributed by atoms with Crippen LogP contribution in [-0.2, 0) is 19.1 Å². The van der Waals surface area contributed by atoms with E-state index >= 15 is 0 Å². The molecule has 5 heteroatoms. The quantitative estimate of drug-likeness (QED) is 0.498. The van der Waals surface area contributed by atoms with Crippen LogP contribution in [0.2, 0.25) is 0 Å². The van der Waals surface area contributed by atoms with Crippen LogP contribution >= 0.6 is 0 Å². The minimum absolute atomic E-state index is 0.112. The second-order valence-corrected chi connectivity index (χ2v) is 2.57. The molecule has 0 atom stereocenters. The smallest absolute Gasteiger partial charge is 0.255 e. The Morgan fingerprint density at radius 2 is 1.92 bits per heavy atom. The average Bonchev–Trinajstić information content (AvgIpc) is 1.97. The van der Waals surface area contributed by atoms with Crippen LogP contribution in [0.4, 0.5) is 0 Å². The first-order chi connectivity index (χ1) is 5.61. The number of amides is 2. The van der Waals surface area contributed by atoms with E-state index < -0.39 is 11.8 Å². The lowest BCUT2D eigenvalue weighted by atomic mass is 10.3. The molecule has 0 aromatic carbocycles. The lowest BCUT2D eigenvalue weighted by Crippen LogP contribution is -2.48. The summed E-state index contributed by atoms with van der Waals surface area (Å²) in [6.45, 7) is 0.967. The molecule has 0 N–H and O–H groups in total. The van der Waals surface area contributed by atoms with Crippen molar-refractivity contribution in [3.63, 3.8) is 0 Å². The van der Waals surface area contributed by atoms with Gasteiger partial charge in [0.25, 0.3) is 11.8 Å². The van der Waals surface area contributed by atoms with Crippen LogP contribution in [0.1, 0.15) is 6.92 Å². The molecule has 0 aromatic rings. The predicted molar refractivity (Wildman–Crippen MR) is 38.2 cm³/mol. The molecule has 0 unspecified atom stereocenters. The van der Waals surface area contributed by atoms with E-state index in [2.05, 4.69) is 4.74 Å². The van der Waals surface area contributed by atoms with Crippen LogP contribution in [0, 0.1) is 0 Å². The fraction of sp³-hybridized carbons (Fsp3) is 0.571.